The average Bonchev–Trinajstić information content (AvgIpc) is 3.35. The lowest BCUT2D eigenvalue weighted by atomic mass is 10.3. The summed E-state index contributed by atoms with van der Waals surface area (Å²) in [5, 5.41) is 8.60. The first-order valence-electron chi connectivity index (χ1n) is 9.96. The van der Waals surface area contributed by atoms with Gasteiger partial charge in [0.25, 0.3) is 0 Å². The second-order valence-corrected chi connectivity index (χ2v) is 9.16. The molecule has 0 spiro atoms. The summed E-state index contributed by atoms with van der Waals surface area (Å²) in [5.41, 5.74) is 1.24. The summed E-state index contributed by atoms with van der Waals surface area (Å²) in [6.45, 7) is 9.88. The molecule has 0 atom stereocenters. The molecule has 160 valence electrons. The fourth-order valence-corrected chi connectivity index (χ4v) is 5.66. The molecule has 0 radical (unpaired) electrons. The van der Waals surface area contributed by atoms with E-state index in [1.165, 1.54) is 0 Å². The first-order chi connectivity index (χ1) is 14.3. The summed E-state index contributed by atoms with van der Waals surface area (Å²) in [6, 6.07) is 3.72. The number of nitrogens with zero attached hydrogens (tertiary/aromatic N) is 8. The molecule has 0 amide bonds. The summed E-state index contributed by atoms with van der Waals surface area (Å²) < 4.78 is 31.5. The molecule has 0 saturated carbocycles. The Kier molecular flexibility index (Phi) is 5.33. The Bertz CT molecular complexity index is 1150. The zero-order valence-electron chi connectivity index (χ0n) is 17.6. The molecule has 1 aliphatic rings. The van der Waals surface area contributed by atoms with E-state index in [9.17, 15) is 8.42 Å². The number of rotatable bonds is 5. The maximum Gasteiger partial charge on any atom is 0.246 e. The molecule has 10 nitrogen and oxygen atoms in total. The number of aryl methyl sites for hydroxylation is 3. The first kappa shape index (κ1) is 20.5. The van der Waals surface area contributed by atoms with Gasteiger partial charge in [-0.05, 0) is 33.8 Å². The maximum absolute atomic E-state index is 13.3. The molecule has 1 fully saturated rings. The molecular weight excluding hydrogens is 404 g/mol. The van der Waals surface area contributed by atoms with E-state index in [4.69, 9.17) is 0 Å². The highest BCUT2D eigenvalue weighted by molar-refractivity contribution is 7.89. The van der Waals surface area contributed by atoms with Crippen LogP contribution in [0.2, 0.25) is 0 Å². The predicted molar refractivity (Wildman–Crippen MR) is 112 cm³/mol. The van der Waals surface area contributed by atoms with Crippen molar-refractivity contribution in [3.8, 4) is 5.82 Å². The number of sulfonamides is 1. The SMILES string of the molecule is CCn1nc(C)c(S(=O)(=O)N2CCN(c3cc(-n4cccn4)nc(C)n3)CC2)c1C. The molecular formula is C19H26N8O2S. The number of hydrogen-bond donors (Lipinski definition) is 0. The third kappa shape index (κ3) is 3.58. The Hall–Kier alpha value is -2.79. The van der Waals surface area contributed by atoms with Crippen LogP contribution < -0.4 is 4.90 Å². The van der Waals surface area contributed by atoms with Crippen LogP contribution in [0.1, 0.15) is 24.1 Å². The molecule has 4 heterocycles. The molecule has 0 N–H and O–H groups in total. The fourth-order valence-electron chi connectivity index (χ4n) is 3.87. The molecule has 3 aromatic heterocycles. The fraction of sp³-hybridized carbons (Fsp3) is 0.474. The van der Waals surface area contributed by atoms with Gasteiger partial charge in [0.2, 0.25) is 10.0 Å². The van der Waals surface area contributed by atoms with Gasteiger partial charge in [-0.15, -0.1) is 0 Å². The van der Waals surface area contributed by atoms with E-state index in [0.29, 0.717) is 60.6 Å². The van der Waals surface area contributed by atoms with Crippen molar-refractivity contribution in [2.75, 3.05) is 31.1 Å². The minimum absolute atomic E-state index is 0.330. The Balaban J connectivity index is 1.54. The van der Waals surface area contributed by atoms with Gasteiger partial charge < -0.3 is 4.90 Å². The van der Waals surface area contributed by atoms with Gasteiger partial charge in [0.05, 0.1) is 11.4 Å². The van der Waals surface area contributed by atoms with Gasteiger partial charge in [0.15, 0.2) is 5.82 Å². The van der Waals surface area contributed by atoms with Crippen LogP contribution in [0.5, 0.6) is 0 Å². The number of aromatic nitrogens is 6. The highest BCUT2D eigenvalue weighted by atomic mass is 32.2. The van der Waals surface area contributed by atoms with Crippen molar-refractivity contribution in [2.45, 2.75) is 39.1 Å². The van der Waals surface area contributed by atoms with Gasteiger partial charge in [-0.1, -0.05) is 0 Å². The molecule has 1 aliphatic heterocycles. The van der Waals surface area contributed by atoms with E-state index in [1.54, 1.807) is 26.8 Å². The van der Waals surface area contributed by atoms with Gasteiger partial charge >= 0.3 is 0 Å². The first-order valence-corrected chi connectivity index (χ1v) is 11.4. The largest absolute Gasteiger partial charge is 0.354 e. The predicted octanol–water partition coefficient (Wildman–Crippen LogP) is 1.31. The Morgan fingerprint density at radius 1 is 1.03 bits per heavy atom. The van der Waals surface area contributed by atoms with E-state index in [2.05, 4.69) is 25.1 Å². The summed E-state index contributed by atoms with van der Waals surface area (Å²) in [7, 11) is -3.59. The minimum atomic E-state index is -3.59. The number of anilines is 1. The summed E-state index contributed by atoms with van der Waals surface area (Å²) in [5.74, 6) is 2.11. The van der Waals surface area contributed by atoms with Crippen molar-refractivity contribution in [1.82, 2.24) is 33.8 Å². The molecule has 3 aromatic rings. The number of piperazine rings is 1. The van der Waals surface area contributed by atoms with Gasteiger partial charge in [-0.2, -0.15) is 14.5 Å². The molecule has 0 bridgehead atoms. The molecule has 0 unspecified atom stereocenters. The van der Waals surface area contributed by atoms with Crippen molar-refractivity contribution in [3.63, 3.8) is 0 Å². The standard InChI is InChI=1S/C19H26N8O2S/c1-5-26-15(3)19(14(2)23-26)30(28,29)25-11-9-24(10-12-25)17-13-18(22-16(4)21-17)27-8-6-7-20-27/h6-8,13H,5,9-12H2,1-4H3. The highest BCUT2D eigenvalue weighted by Gasteiger charge is 2.33. The van der Waals surface area contributed by atoms with Crippen LogP contribution in [0, 0.1) is 20.8 Å². The number of hydrogen-bond acceptors (Lipinski definition) is 7. The lowest BCUT2D eigenvalue weighted by Gasteiger charge is -2.34. The third-order valence-corrected chi connectivity index (χ3v) is 7.48. The van der Waals surface area contributed by atoms with Crippen molar-refractivity contribution >= 4 is 15.8 Å². The van der Waals surface area contributed by atoms with E-state index in [0.717, 1.165) is 5.82 Å². The van der Waals surface area contributed by atoms with Gasteiger partial charge in [0, 0.05) is 51.2 Å². The summed E-state index contributed by atoms with van der Waals surface area (Å²) in [6.07, 6.45) is 3.53. The van der Waals surface area contributed by atoms with Crippen molar-refractivity contribution in [1.29, 1.82) is 0 Å². The molecule has 1 saturated heterocycles. The highest BCUT2D eigenvalue weighted by Crippen LogP contribution is 2.25. The van der Waals surface area contributed by atoms with Crippen LogP contribution in [0.25, 0.3) is 5.82 Å². The van der Waals surface area contributed by atoms with Gasteiger partial charge in [0.1, 0.15) is 16.5 Å². The second-order valence-electron chi connectivity index (χ2n) is 7.29. The van der Waals surface area contributed by atoms with Crippen molar-refractivity contribution in [3.05, 3.63) is 41.7 Å². The Morgan fingerprint density at radius 3 is 2.33 bits per heavy atom. The van der Waals surface area contributed by atoms with E-state index >= 15 is 0 Å². The van der Waals surface area contributed by atoms with Gasteiger partial charge in [-0.25, -0.2) is 23.1 Å². The molecule has 11 heteroatoms. The lowest BCUT2D eigenvalue weighted by Crippen LogP contribution is -2.49. The van der Waals surface area contributed by atoms with Crippen LogP contribution in [0.3, 0.4) is 0 Å². The van der Waals surface area contributed by atoms with E-state index in [-0.39, 0.29) is 0 Å². The average molecular weight is 431 g/mol. The Labute approximate surface area is 176 Å². The summed E-state index contributed by atoms with van der Waals surface area (Å²) >= 11 is 0. The van der Waals surface area contributed by atoms with Crippen LogP contribution in [0.15, 0.2) is 29.4 Å². The smallest absolute Gasteiger partial charge is 0.246 e. The van der Waals surface area contributed by atoms with E-state index < -0.39 is 10.0 Å². The second kappa shape index (κ2) is 7.80. The van der Waals surface area contributed by atoms with Crippen molar-refractivity contribution < 1.29 is 8.42 Å². The molecule has 4 rings (SSSR count). The molecule has 30 heavy (non-hydrogen) atoms. The monoisotopic (exact) mass is 430 g/mol. The third-order valence-electron chi connectivity index (χ3n) is 5.33. The zero-order chi connectivity index (χ0) is 21.5. The topological polar surface area (TPSA) is 102 Å². The lowest BCUT2D eigenvalue weighted by molar-refractivity contribution is 0.383. The van der Waals surface area contributed by atoms with Crippen LogP contribution in [-0.2, 0) is 16.6 Å². The maximum atomic E-state index is 13.3. The molecule has 0 aromatic carbocycles. The van der Waals surface area contributed by atoms with Crippen LogP contribution >= 0.6 is 0 Å². The van der Waals surface area contributed by atoms with Gasteiger partial charge in [-0.3, -0.25) is 4.68 Å². The van der Waals surface area contributed by atoms with Crippen LogP contribution in [-0.4, -0.2) is 68.4 Å². The van der Waals surface area contributed by atoms with Crippen molar-refractivity contribution in [2.24, 2.45) is 0 Å². The quantitative estimate of drug-likeness (QED) is 0.601. The van der Waals surface area contributed by atoms with E-state index in [1.807, 2.05) is 39.1 Å². The molecule has 0 aliphatic carbocycles. The zero-order valence-corrected chi connectivity index (χ0v) is 18.5. The normalized spacial score (nSPS) is 15.7. The Morgan fingerprint density at radius 2 is 1.73 bits per heavy atom. The minimum Gasteiger partial charge on any atom is -0.354 e. The van der Waals surface area contributed by atoms with Crippen LogP contribution in [0.4, 0.5) is 5.82 Å². The summed E-state index contributed by atoms with van der Waals surface area (Å²) in [4.78, 5) is 11.4.